The van der Waals surface area contributed by atoms with Crippen molar-refractivity contribution < 1.29 is 23.6 Å². The quantitative estimate of drug-likeness (QED) is 0.471. The molecule has 0 bridgehead atoms. The van der Waals surface area contributed by atoms with Gasteiger partial charge in [0.2, 0.25) is 0 Å². The number of rotatable bonds is 5. The van der Waals surface area contributed by atoms with Crippen LogP contribution < -0.4 is 5.48 Å². The van der Waals surface area contributed by atoms with Gasteiger partial charge in [0, 0.05) is 46.7 Å². The molecule has 166 valence electrons. The number of hydrogen-bond donors (Lipinski definition) is 2. The molecule has 6 nitrogen and oxygen atoms in total. The Hall–Kier alpha value is -3.10. The van der Waals surface area contributed by atoms with Crippen LogP contribution in [-0.4, -0.2) is 51.9 Å². The monoisotopic (exact) mass is 439 g/mol. The van der Waals surface area contributed by atoms with E-state index in [0.717, 1.165) is 22.2 Å². The fraction of sp³-hybridized carbons (Fsp3) is 0.333. The van der Waals surface area contributed by atoms with Crippen LogP contribution in [0.4, 0.5) is 8.78 Å². The number of hydrogen-bond acceptors (Lipinski definition) is 4. The second-order valence-electron chi connectivity index (χ2n) is 8.69. The summed E-state index contributed by atoms with van der Waals surface area (Å²) >= 11 is 0. The summed E-state index contributed by atoms with van der Waals surface area (Å²) in [4.78, 5) is 26.6. The van der Waals surface area contributed by atoms with E-state index < -0.39 is 11.8 Å². The molecule has 0 spiro atoms. The van der Waals surface area contributed by atoms with Gasteiger partial charge in [0.15, 0.2) is 5.78 Å². The highest BCUT2D eigenvalue weighted by Crippen LogP contribution is 2.36. The average molecular weight is 439 g/mol. The lowest BCUT2D eigenvalue weighted by Crippen LogP contribution is -2.58. The minimum Gasteiger partial charge on any atom is -0.339 e. The summed E-state index contributed by atoms with van der Waals surface area (Å²) in [6, 6.07) is 14.7. The first kappa shape index (κ1) is 20.8. The molecular weight excluding hydrogens is 416 g/mol. The maximum absolute atomic E-state index is 13.4. The van der Waals surface area contributed by atoms with Gasteiger partial charge in [-0.1, -0.05) is 30.3 Å². The fourth-order valence-electron chi connectivity index (χ4n) is 4.95. The number of nitrogens with one attached hydrogen (secondary N) is 1. The van der Waals surface area contributed by atoms with Gasteiger partial charge in [-0.05, 0) is 36.6 Å². The van der Waals surface area contributed by atoms with Crippen molar-refractivity contribution in [3.63, 3.8) is 0 Å². The van der Waals surface area contributed by atoms with Gasteiger partial charge in [0.05, 0.1) is 13.1 Å². The smallest absolute Gasteiger partial charge is 0.274 e. The fourth-order valence-corrected chi connectivity index (χ4v) is 4.95. The van der Waals surface area contributed by atoms with Crippen molar-refractivity contribution in [3.8, 4) is 0 Å². The van der Waals surface area contributed by atoms with Crippen LogP contribution in [0.15, 0.2) is 48.5 Å². The molecule has 1 amide bonds. The zero-order chi connectivity index (χ0) is 22.5. The lowest BCUT2D eigenvalue weighted by atomic mass is 9.84. The second kappa shape index (κ2) is 7.79. The first-order valence-electron chi connectivity index (χ1n) is 10.6. The number of halogens is 2. The Morgan fingerprint density at radius 3 is 2.53 bits per heavy atom. The number of aromatic nitrogens is 1. The minimum atomic E-state index is -2.63. The number of benzene rings is 2. The number of hydroxylamine groups is 1. The van der Waals surface area contributed by atoms with Crippen LogP contribution in [0.2, 0.25) is 0 Å². The third-order valence-corrected chi connectivity index (χ3v) is 6.47. The van der Waals surface area contributed by atoms with Crippen molar-refractivity contribution in [2.24, 2.45) is 5.92 Å². The van der Waals surface area contributed by atoms with Crippen LogP contribution in [0.5, 0.6) is 0 Å². The molecule has 2 aliphatic rings. The summed E-state index contributed by atoms with van der Waals surface area (Å²) in [5.74, 6) is -3.44. The summed E-state index contributed by atoms with van der Waals surface area (Å²) in [5.41, 5.74) is 5.57. The normalized spacial score (nSPS) is 20.1. The summed E-state index contributed by atoms with van der Waals surface area (Å²) in [5, 5.41) is 9.68. The van der Waals surface area contributed by atoms with Crippen molar-refractivity contribution in [2.45, 2.75) is 25.3 Å². The highest BCUT2D eigenvalue weighted by Gasteiger charge is 2.45. The molecule has 2 heterocycles. The average Bonchev–Trinajstić information content (AvgIpc) is 3.08. The van der Waals surface area contributed by atoms with Gasteiger partial charge in [-0.15, -0.1) is 0 Å². The summed E-state index contributed by atoms with van der Waals surface area (Å²) in [6.07, 6.45) is 1.34. The van der Waals surface area contributed by atoms with Crippen molar-refractivity contribution in [3.05, 3.63) is 70.9 Å². The molecule has 2 aromatic carbocycles. The predicted octanol–water partition coefficient (Wildman–Crippen LogP) is 3.50. The van der Waals surface area contributed by atoms with E-state index >= 15 is 0 Å². The molecule has 8 heteroatoms. The molecular formula is C24H23F2N3O3. The van der Waals surface area contributed by atoms with Crippen LogP contribution in [-0.2, 0) is 13.0 Å². The standard InChI is InChI=1S/C24H23F2N3O3/c25-24(26)13-28(14-24)12-17-9-10-20-21(22(17)30)18-3-1-2-4-19(18)29(20)11-15-5-7-16(8-6-15)23(31)27-32/h1-8,17,32H,9-14H2,(H,27,31). The largest absolute Gasteiger partial charge is 0.339 e. The topological polar surface area (TPSA) is 74.6 Å². The first-order chi connectivity index (χ1) is 15.4. The van der Waals surface area contributed by atoms with E-state index in [9.17, 15) is 18.4 Å². The molecule has 1 unspecified atom stereocenters. The SMILES string of the molecule is O=C(NO)c1ccc(Cn2c3c(c4ccccc42)C(=O)C(CN2CC(F)(F)C2)CC3)cc1. The van der Waals surface area contributed by atoms with Gasteiger partial charge < -0.3 is 4.57 Å². The first-order valence-corrected chi connectivity index (χ1v) is 10.6. The number of alkyl halides is 2. The van der Waals surface area contributed by atoms with Gasteiger partial charge in [0.25, 0.3) is 11.8 Å². The van der Waals surface area contributed by atoms with Crippen LogP contribution in [0.3, 0.4) is 0 Å². The number of likely N-dealkylation sites (tertiary alicyclic amines) is 1. The van der Waals surface area contributed by atoms with Crippen LogP contribution in [0, 0.1) is 5.92 Å². The highest BCUT2D eigenvalue weighted by atomic mass is 19.3. The van der Waals surface area contributed by atoms with Crippen LogP contribution >= 0.6 is 0 Å². The third-order valence-electron chi connectivity index (χ3n) is 6.47. The Morgan fingerprint density at radius 2 is 1.84 bits per heavy atom. The zero-order valence-electron chi connectivity index (χ0n) is 17.4. The molecule has 1 aliphatic carbocycles. The van der Waals surface area contributed by atoms with E-state index in [1.165, 1.54) is 0 Å². The van der Waals surface area contributed by atoms with Gasteiger partial charge in [0.1, 0.15) is 0 Å². The maximum Gasteiger partial charge on any atom is 0.274 e. The maximum atomic E-state index is 13.4. The zero-order valence-corrected chi connectivity index (χ0v) is 17.4. The molecule has 2 N–H and O–H groups in total. The Kier molecular flexibility index (Phi) is 5.06. The number of Topliss-reactive ketones (excluding diaryl/α,β-unsaturated/α-hetero) is 1. The van der Waals surface area contributed by atoms with E-state index in [0.29, 0.717) is 37.1 Å². The number of nitrogens with zero attached hydrogens (tertiary/aromatic N) is 2. The summed E-state index contributed by atoms with van der Waals surface area (Å²) < 4.78 is 28.6. The van der Waals surface area contributed by atoms with E-state index in [-0.39, 0.29) is 24.8 Å². The summed E-state index contributed by atoms with van der Waals surface area (Å²) in [7, 11) is 0. The van der Waals surface area contributed by atoms with Crippen molar-refractivity contribution in [1.82, 2.24) is 14.9 Å². The number of carbonyl (C=O) groups excluding carboxylic acids is 2. The summed E-state index contributed by atoms with van der Waals surface area (Å²) in [6.45, 7) is 0.375. The van der Waals surface area contributed by atoms with Gasteiger partial charge in [-0.3, -0.25) is 19.7 Å². The molecule has 0 saturated carbocycles. The Bertz CT molecular complexity index is 1200. The molecule has 1 saturated heterocycles. The number of carbonyl (C=O) groups is 2. The lowest BCUT2D eigenvalue weighted by molar-refractivity contribution is -0.133. The van der Waals surface area contributed by atoms with Gasteiger partial charge in [-0.25, -0.2) is 14.3 Å². The van der Waals surface area contributed by atoms with E-state index in [4.69, 9.17) is 5.21 Å². The molecule has 1 atom stereocenters. The second-order valence-corrected chi connectivity index (χ2v) is 8.69. The van der Waals surface area contributed by atoms with E-state index in [1.807, 2.05) is 36.4 Å². The number of amides is 1. The molecule has 5 rings (SSSR count). The van der Waals surface area contributed by atoms with E-state index in [1.54, 1.807) is 22.5 Å². The molecule has 3 aromatic rings. The number of ketones is 1. The molecule has 1 aromatic heterocycles. The van der Waals surface area contributed by atoms with Gasteiger partial charge in [-0.2, -0.15) is 0 Å². The molecule has 1 fully saturated rings. The van der Waals surface area contributed by atoms with Gasteiger partial charge >= 0.3 is 0 Å². The van der Waals surface area contributed by atoms with Crippen molar-refractivity contribution >= 4 is 22.6 Å². The third kappa shape index (κ3) is 3.59. The van der Waals surface area contributed by atoms with Crippen LogP contribution in [0.1, 0.15) is 38.4 Å². The molecule has 1 aliphatic heterocycles. The lowest BCUT2D eigenvalue weighted by Gasteiger charge is -2.40. The number of fused-ring (bicyclic) bond motifs is 3. The van der Waals surface area contributed by atoms with Crippen molar-refractivity contribution in [2.75, 3.05) is 19.6 Å². The Labute approximate surface area is 183 Å². The predicted molar refractivity (Wildman–Crippen MR) is 114 cm³/mol. The Morgan fingerprint density at radius 1 is 1.12 bits per heavy atom. The minimum absolute atomic E-state index is 0.0337. The Balaban J connectivity index is 1.45. The highest BCUT2D eigenvalue weighted by molar-refractivity contribution is 6.11. The van der Waals surface area contributed by atoms with Crippen molar-refractivity contribution in [1.29, 1.82) is 0 Å². The van der Waals surface area contributed by atoms with Crippen LogP contribution in [0.25, 0.3) is 10.9 Å². The molecule has 0 radical (unpaired) electrons. The molecule has 32 heavy (non-hydrogen) atoms. The van der Waals surface area contributed by atoms with E-state index in [2.05, 4.69) is 4.57 Å². The number of para-hydroxylation sites is 1.